The topological polar surface area (TPSA) is 61.9 Å². The Morgan fingerprint density at radius 1 is 1.15 bits per heavy atom. The highest BCUT2D eigenvalue weighted by Crippen LogP contribution is 2.33. The van der Waals surface area contributed by atoms with Crippen LogP contribution in [0.3, 0.4) is 0 Å². The first-order valence-corrected chi connectivity index (χ1v) is 9.10. The van der Waals surface area contributed by atoms with Gasteiger partial charge in [-0.3, -0.25) is 9.59 Å². The molecule has 0 saturated heterocycles. The van der Waals surface area contributed by atoms with Gasteiger partial charge >= 0.3 is 0 Å². The van der Waals surface area contributed by atoms with Crippen molar-refractivity contribution in [3.8, 4) is 5.75 Å². The van der Waals surface area contributed by atoms with Crippen molar-refractivity contribution in [3.63, 3.8) is 0 Å². The Hall–Kier alpha value is -3.02. The van der Waals surface area contributed by atoms with Gasteiger partial charge in [0.25, 0.3) is 5.91 Å². The third-order valence-electron chi connectivity index (χ3n) is 4.55. The first kappa shape index (κ1) is 18.8. The fourth-order valence-electron chi connectivity index (χ4n) is 3.31. The predicted molar refractivity (Wildman–Crippen MR) is 106 cm³/mol. The SMILES string of the molecule is CNC(=O)[C@H]1CN(CC(=O)N(c2ccccc2)C(C)C)c2ccccc2O1. The van der Waals surface area contributed by atoms with Gasteiger partial charge in [0, 0.05) is 18.8 Å². The molecular formula is C21H25N3O3. The molecule has 1 N–H and O–H groups in total. The summed E-state index contributed by atoms with van der Waals surface area (Å²) < 4.78 is 5.81. The van der Waals surface area contributed by atoms with E-state index >= 15 is 0 Å². The number of nitrogens with zero attached hydrogens (tertiary/aromatic N) is 2. The number of rotatable bonds is 5. The normalized spacial score (nSPS) is 15.7. The summed E-state index contributed by atoms with van der Waals surface area (Å²) in [7, 11) is 1.58. The van der Waals surface area contributed by atoms with Crippen LogP contribution >= 0.6 is 0 Å². The van der Waals surface area contributed by atoms with E-state index in [2.05, 4.69) is 5.32 Å². The van der Waals surface area contributed by atoms with Gasteiger partial charge in [0.1, 0.15) is 5.75 Å². The zero-order valence-electron chi connectivity index (χ0n) is 15.9. The number of benzene rings is 2. The van der Waals surface area contributed by atoms with Crippen molar-refractivity contribution in [1.29, 1.82) is 0 Å². The lowest BCUT2D eigenvalue weighted by Crippen LogP contribution is -2.52. The third kappa shape index (κ3) is 4.05. The molecule has 3 rings (SSSR count). The van der Waals surface area contributed by atoms with Gasteiger partial charge in [-0.1, -0.05) is 30.3 Å². The summed E-state index contributed by atoms with van der Waals surface area (Å²) in [6.45, 7) is 4.47. The van der Waals surface area contributed by atoms with E-state index in [1.165, 1.54) is 0 Å². The number of nitrogens with one attached hydrogen (secondary N) is 1. The van der Waals surface area contributed by atoms with E-state index in [1.54, 1.807) is 11.9 Å². The number of fused-ring (bicyclic) bond motifs is 1. The summed E-state index contributed by atoms with van der Waals surface area (Å²) in [6.07, 6.45) is -0.651. The van der Waals surface area contributed by atoms with Crippen LogP contribution in [0.5, 0.6) is 5.75 Å². The highest BCUT2D eigenvalue weighted by Gasteiger charge is 2.32. The molecule has 1 aliphatic heterocycles. The van der Waals surface area contributed by atoms with Crippen LogP contribution in [-0.4, -0.2) is 44.1 Å². The molecule has 0 aromatic heterocycles. The molecule has 6 heteroatoms. The molecule has 2 aromatic rings. The summed E-state index contributed by atoms with van der Waals surface area (Å²) in [6, 6.07) is 17.1. The second-order valence-corrected chi connectivity index (χ2v) is 6.76. The average molecular weight is 367 g/mol. The molecule has 1 aliphatic rings. The van der Waals surface area contributed by atoms with Gasteiger partial charge in [0.05, 0.1) is 18.8 Å². The Morgan fingerprint density at radius 2 is 1.81 bits per heavy atom. The Morgan fingerprint density at radius 3 is 2.48 bits per heavy atom. The van der Waals surface area contributed by atoms with Crippen molar-refractivity contribution in [1.82, 2.24) is 5.32 Å². The van der Waals surface area contributed by atoms with Crippen LogP contribution in [0.1, 0.15) is 13.8 Å². The third-order valence-corrected chi connectivity index (χ3v) is 4.55. The molecule has 0 fully saturated rings. The lowest BCUT2D eigenvalue weighted by atomic mass is 10.1. The molecule has 6 nitrogen and oxygen atoms in total. The smallest absolute Gasteiger partial charge is 0.262 e. The van der Waals surface area contributed by atoms with E-state index in [1.807, 2.05) is 73.3 Å². The van der Waals surface area contributed by atoms with Crippen LogP contribution in [0, 0.1) is 0 Å². The first-order valence-electron chi connectivity index (χ1n) is 9.10. The first-order chi connectivity index (χ1) is 13.0. The van der Waals surface area contributed by atoms with Gasteiger partial charge in [-0.15, -0.1) is 0 Å². The van der Waals surface area contributed by atoms with Crippen molar-refractivity contribution in [2.45, 2.75) is 26.0 Å². The maximum atomic E-state index is 13.2. The molecule has 0 radical (unpaired) electrons. The molecule has 2 aromatic carbocycles. The molecular weight excluding hydrogens is 342 g/mol. The molecule has 0 spiro atoms. The van der Waals surface area contributed by atoms with Gasteiger partial charge in [-0.25, -0.2) is 0 Å². The van der Waals surface area contributed by atoms with E-state index in [4.69, 9.17) is 4.74 Å². The minimum atomic E-state index is -0.651. The van der Waals surface area contributed by atoms with E-state index in [0.717, 1.165) is 11.4 Å². The lowest BCUT2D eigenvalue weighted by Gasteiger charge is -2.37. The molecule has 1 heterocycles. The molecule has 1 atom stereocenters. The number of ether oxygens (including phenoxy) is 1. The van der Waals surface area contributed by atoms with Crippen LogP contribution in [0.25, 0.3) is 0 Å². The predicted octanol–water partition coefficient (Wildman–Crippen LogP) is 2.44. The summed E-state index contributed by atoms with van der Waals surface area (Å²) in [5, 5.41) is 2.62. The molecule has 0 aliphatic carbocycles. The van der Waals surface area contributed by atoms with Crippen LogP contribution < -0.4 is 19.9 Å². The van der Waals surface area contributed by atoms with Gasteiger partial charge < -0.3 is 19.9 Å². The zero-order chi connectivity index (χ0) is 19.4. The van der Waals surface area contributed by atoms with Crippen molar-refractivity contribution in [2.24, 2.45) is 0 Å². The van der Waals surface area contributed by atoms with E-state index in [-0.39, 0.29) is 24.4 Å². The van der Waals surface area contributed by atoms with Crippen LogP contribution in [0.2, 0.25) is 0 Å². The van der Waals surface area contributed by atoms with Gasteiger partial charge in [-0.2, -0.15) is 0 Å². The summed E-state index contributed by atoms with van der Waals surface area (Å²) in [5.74, 6) is 0.384. The maximum absolute atomic E-state index is 13.2. The number of para-hydroxylation sites is 3. The summed E-state index contributed by atoms with van der Waals surface area (Å²) >= 11 is 0. The van der Waals surface area contributed by atoms with E-state index < -0.39 is 6.10 Å². The maximum Gasteiger partial charge on any atom is 0.262 e. The van der Waals surface area contributed by atoms with E-state index in [0.29, 0.717) is 12.3 Å². The number of carbonyl (C=O) groups is 2. The summed E-state index contributed by atoms with van der Waals surface area (Å²) in [4.78, 5) is 29.0. The number of amides is 2. The van der Waals surface area contributed by atoms with Gasteiger partial charge in [0.15, 0.2) is 6.10 Å². The van der Waals surface area contributed by atoms with Gasteiger partial charge in [-0.05, 0) is 38.1 Å². The molecule has 27 heavy (non-hydrogen) atoms. The Bertz CT molecular complexity index is 807. The number of carbonyl (C=O) groups excluding carboxylic acids is 2. The fourth-order valence-corrected chi connectivity index (χ4v) is 3.31. The van der Waals surface area contributed by atoms with Crippen molar-refractivity contribution in [2.75, 3.05) is 29.9 Å². The number of anilines is 2. The second kappa shape index (κ2) is 8.12. The van der Waals surface area contributed by atoms with Crippen molar-refractivity contribution in [3.05, 3.63) is 54.6 Å². The minimum Gasteiger partial charge on any atom is -0.477 e. The molecule has 0 bridgehead atoms. The average Bonchev–Trinajstić information content (AvgIpc) is 2.68. The standard InChI is InChI=1S/C21H25N3O3/c1-15(2)24(16-9-5-4-6-10-16)20(25)14-23-13-19(21(26)22-3)27-18-12-8-7-11-17(18)23/h4-12,15,19H,13-14H2,1-3H3,(H,22,26)/t19-/m1/s1. The van der Waals surface area contributed by atoms with E-state index in [9.17, 15) is 9.59 Å². The fraction of sp³-hybridized carbons (Fsp3) is 0.333. The summed E-state index contributed by atoms with van der Waals surface area (Å²) in [5.41, 5.74) is 1.68. The zero-order valence-corrected chi connectivity index (χ0v) is 15.9. The molecule has 0 unspecified atom stereocenters. The highest BCUT2D eigenvalue weighted by atomic mass is 16.5. The van der Waals surface area contributed by atoms with Crippen LogP contribution in [0.4, 0.5) is 11.4 Å². The van der Waals surface area contributed by atoms with Crippen LogP contribution in [0.15, 0.2) is 54.6 Å². The largest absolute Gasteiger partial charge is 0.477 e. The number of hydrogen-bond donors (Lipinski definition) is 1. The van der Waals surface area contributed by atoms with Gasteiger partial charge in [0.2, 0.25) is 5.91 Å². The highest BCUT2D eigenvalue weighted by molar-refractivity contribution is 5.97. The second-order valence-electron chi connectivity index (χ2n) is 6.76. The Kier molecular flexibility index (Phi) is 5.64. The Balaban J connectivity index is 1.86. The minimum absolute atomic E-state index is 0.0194. The molecule has 0 saturated carbocycles. The van der Waals surface area contributed by atoms with Crippen molar-refractivity contribution < 1.29 is 14.3 Å². The van der Waals surface area contributed by atoms with Crippen molar-refractivity contribution >= 4 is 23.2 Å². The molecule has 142 valence electrons. The monoisotopic (exact) mass is 367 g/mol. The molecule has 2 amide bonds. The quantitative estimate of drug-likeness (QED) is 0.882. The Labute approximate surface area is 159 Å². The van der Waals surface area contributed by atoms with Crippen LogP contribution in [-0.2, 0) is 9.59 Å². The lowest BCUT2D eigenvalue weighted by molar-refractivity contribution is -0.127. The number of likely N-dealkylation sites (N-methyl/N-ethyl adjacent to an activating group) is 1. The number of hydrogen-bond acceptors (Lipinski definition) is 4.